The number of benzene rings is 1. The lowest BCUT2D eigenvalue weighted by Crippen LogP contribution is -2.49. The van der Waals surface area contributed by atoms with Crippen molar-refractivity contribution in [1.29, 1.82) is 0 Å². The predicted molar refractivity (Wildman–Crippen MR) is 79.8 cm³/mol. The molecule has 3 N–H and O–H groups in total. The summed E-state index contributed by atoms with van der Waals surface area (Å²) in [6.45, 7) is 0.621. The number of hydrogen-bond acceptors (Lipinski definition) is 2. The molecular formula is C16H19F2N3O2. The summed E-state index contributed by atoms with van der Waals surface area (Å²) in [7, 11) is 0. The van der Waals surface area contributed by atoms with E-state index in [-0.39, 0.29) is 23.4 Å². The maximum Gasteiger partial charge on any atom is 0.315 e. The highest BCUT2D eigenvalue weighted by Crippen LogP contribution is 2.43. The Labute approximate surface area is 132 Å². The second-order valence-corrected chi connectivity index (χ2v) is 6.04. The van der Waals surface area contributed by atoms with Crippen LogP contribution < -0.4 is 16.0 Å². The van der Waals surface area contributed by atoms with Gasteiger partial charge in [0.2, 0.25) is 5.91 Å². The number of hydrogen-bond donors (Lipinski definition) is 3. The van der Waals surface area contributed by atoms with Crippen LogP contribution in [0.15, 0.2) is 18.2 Å². The number of carbonyl (C=O) groups is 2. The van der Waals surface area contributed by atoms with E-state index in [1.165, 1.54) is 18.2 Å². The summed E-state index contributed by atoms with van der Waals surface area (Å²) in [6, 6.07) is 2.40. The van der Waals surface area contributed by atoms with E-state index in [4.69, 9.17) is 0 Å². The van der Waals surface area contributed by atoms with Crippen molar-refractivity contribution in [3.63, 3.8) is 0 Å². The van der Waals surface area contributed by atoms with Crippen LogP contribution in [0.3, 0.4) is 0 Å². The normalized spacial score (nSPS) is 26.9. The molecule has 1 heterocycles. The van der Waals surface area contributed by atoms with E-state index in [1.807, 2.05) is 0 Å². The van der Waals surface area contributed by atoms with E-state index < -0.39 is 23.7 Å². The van der Waals surface area contributed by atoms with Crippen molar-refractivity contribution in [2.24, 2.45) is 0 Å². The summed E-state index contributed by atoms with van der Waals surface area (Å²) in [5.74, 6) is -1.74. The van der Waals surface area contributed by atoms with Crippen LogP contribution >= 0.6 is 0 Å². The molecule has 0 spiro atoms. The van der Waals surface area contributed by atoms with Crippen LogP contribution in [0.5, 0.6) is 0 Å². The number of nitrogens with one attached hydrogen (secondary N) is 3. The summed E-state index contributed by atoms with van der Waals surface area (Å²) < 4.78 is 27.4. The Morgan fingerprint density at radius 1 is 1.17 bits per heavy atom. The van der Waals surface area contributed by atoms with E-state index in [2.05, 4.69) is 16.0 Å². The van der Waals surface area contributed by atoms with Crippen LogP contribution in [0, 0.1) is 11.6 Å². The molecule has 1 saturated carbocycles. The minimum absolute atomic E-state index is 0.0185. The van der Waals surface area contributed by atoms with E-state index in [9.17, 15) is 18.4 Å². The van der Waals surface area contributed by atoms with Crippen molar-refractivity contribution >= 4 is 11.9 Å². The number of carbonyl (C=O) groups excluding carboxylic acids is 2. The van der Waals surface area contributed by atoms with Gasteiger partial charge in [0.15, 0.2) is 0 Å². The largest absolute Gasteiger partial charge is 0.354 e. The molecule has 5 nitrogen and oxygen atoms in total. The average molecular weight is 323 g/mol. The molecule has 23 heavy (non-hydrogen) atoms. The van der Waals surface area contributed by atoms with Gasteiger partial charge in [-0.2, -0.15) is 0 Å². The first kappa shape index (κ1) is 15.7. The molecule has 0 radical (unpaired) electrons. The minimum atomic E-state index is -0.595. The van der Waals surface area contributed by atoms with Gasteiger partial charge in [0.05, 0.1) is 0 Å². The molecule has 0 bridgehead atoms. The molecule has 0 aromatic heterocycles. The molecule has 2 fully saturated rings. The molecular weight excluding hydrogens is 304 g/mol. The summed E-state index contributed by atoms with van der Waals surface area (Å²) in [5.41, 5.74) is 0.0185. The molecule has 124 valence electrons. The molecule has 1 aliphatic heterocycles. The summed E-state index contributed by atoms with van der Waals surface area (Å²) in [5, 5.41) is 8.05. The fourth-order valence-electron chi connectivity index (χ4n) is 2.98. The SMILES string of the molecule is O=C(N[C@@H]1CCCCNC1=O)N[C@@H]1C[C@H]1c1c(F)cccc1F. The smallest absolute Gasteiger partial charge is 0.315 e. The molecule has 1 aromatic rings. The Balaban J connectivity index is 1.55. The zero-order valence-corrected chi connectivity index (χ0v) is 12.6. The lowest BCUT2D eigenvalue weighted by molar-refractivity contribution is -0.122. The quantitative estimate of drug-likeness (QED) is 0.794. The van der Waals surface area contributed by atoms with Gasteiger partial charge in [0.25, 0.3) is 0 Å². The van der Waals surface area contributed by atoms with Gasteiger partial charge in [-0.1, -0.05) is 6.07 Å². The molecule has 1 aromatic carbocycles. The molecule has 3 rings (SSSR count). The van der Waals surface area contributed by atoms with Crippen LogP contribution in [0.2, 0.25) is 0 Å². The summed E-state index contributed by atoms with van der Waals surface area (Å²) in [6.07, 6.45) is 2.83. The second kappa shape index (κ2) is 6.52. The van der Waals surface area contributed by atoms with E-state index in [1.54, 1.807) is 0 Å². The van der Waals surface area contributed by atoms with Crippen LogP contribution in [0.1, 0.15) is 37.2 Å². The Bertz CT molecular complexity index is 603. The molecule has 2 aliphatic rings. The predicted octanol–water partition coefficient (Wildman–Crippen LogP) is 1.79. The lowest BCUT2D eigenvalue weighted by Gasteiger charge is -2.16. The standard InChI is InChI=1S/C16H19F2N3O2/c17-10-4-3-5-11(18)14(10)9-8-13(9)21-16(23)20-12-6-1-2-7-19-15(12)22/h3-5,9,12-13H,1-2,6-8H2,(H,19,22)(H2,20,21,23)/t9-,12-,13-/m1/s1. The maximum absolute atomic E-state index is 13.7. The van der Waals surface area contributed by atoms with Gasteiger partial charge in [0.1, 0.15) is 17.7 Å². The van der Waals surface area contributed by atoms with Gasteiger partial charge < -0.3 is 16.0 Å². The van der Waals surface area contributed by atoms with E-state index >= 15 is 0 Å². The number of halogens is 2. The molecule has 7 heteroatoms. The monoisotopic (exact) mass is 323 g/mol. The zero-order chi connectivity index (χ0) is 16.4. The zero-order valence-electron chi connectivity index (χ0n) is 12.6. The highest BCUT2D eigenvalue weighted by molar-refractivity contribution is 5.87. The van der Waals surface area contributed by atoms with Gasteiger partial charge in [-0.3, -0.25) is 4.79 Å². The molecule has 3 amide bonds. The topological polar surface area (TPSA) is 70.2 Å². The van der Waals surface area contributed by atoms with E-state index in [0.29, 0.717) is 19.4 Å². The first-order chi connectivity index (χ1) is 11.1. The fourth-order valence-corrected chi connectivity index (χ4v) is 2.98. The number of urea groups is 1. The Morgan fingerprint density at radius 3 is 2.65 bits per heavy atom. The van der Waals surface area contributed by atoms with Crippen molar-refractivity contribution in [3.05, 3.63) is 35.4 Å². The highest BCUT2D eigenvalue weighted by atomic mass is 19.1. The fraction of sp³-hybridized carbons (Fsp3) is 0.500. The molecule has 3 atom stereocenters. The van der Waals surface area contributed by atoms with Crippen molar-refractivity contribution in [1.82, 2.24) is 16.0 Å². The Hall–Kier alpha value is -2.18. The third kappa shape index (κ3) is 3.60. The minimum Gasteiger partial charge on any atom is -0.354 e. The third-order valence-corrected chi connectivity index (χ3v) is 4.32. The van der Waals surface area contributed by atoms with Crippen molar-refractivity contribution in [2.75, 3.05) is 6.54 Å². The first-order valence-electron chi connectivity index (χ1n) is 7.85. The second-order valence-electron chi connectivity index (χ2n) is 6.04. The van der Waals surface area contributed by atoms with Gasteiger partial charge in [-0.05, 0) is 37.8 Å². The van der Waals surface area contributed by atoms with Gasteiger partial charge in [-0.25, -0.2) is 13.6 Å². The van der Waals surface area contributed by atoms with Gasteiger partial charge >= 0.3 is 6.03 Å². The number of rotatable bonds is 3. The Morgan fingerprint density at radius 2 is 1.91 bits per heavy atom. The highest BCUT2D eigenvalue weighted by Gasteiger charge is 2.43. The first-order valence-corrected chi connectivity index (χ1v) is 7.85. The average Bonchev–Trinajstić information content (AvgIpc) is 3.26. The third-order valence-electron chi connectivity index (χ3n) is 4.32. The summed E-state index contributed by atoms with van der Waals surface area (Å²) in [4.78, 5) is 23.8. The van der Waals surface area contributed by atoms with Crippen LogP contribution in [0.25, 0.3) is 0 Å². The van der Waals surface area contributed by atoms with Crippen molar-refractivity contribution < 1.29 is 18.4 Å². The van der Waals surface area contributed by atoms with Gasteiger partial charge in [-0.15, -0.1) is 0 Å². The Kier molecular flexibility index (Phi) is 4.45. The van der Waals surface area contributed by atoms with Crippen LogP contribution in [0.4, 0.5) is 13.6 Å². The number of amides is 3. The van der Waals surface area contributed by atoms with Gasteiger partial charge in [0, 0.05) is 24.1 Å². The maximum atomic E-state index is 13.7. The summed E-state index contributed by atoms with van der Waals surface area (Å²) >= 11 is 0. The van der Waals surface area contributed by atoms with E-state index in [0.717, 1.165) is 12.8 Å². The van der Waals surface area contributed by atoms with Crippen molar-refractivity contribution in [2.45, 2.75) is 43.7 Å². The van der Waals surface area contributed by atoms with Crippen LogP contribution in [-0.4, -0.2) is 30.6 Å². The molecule has 1 aliphatic carbocycles. The van der Waals surface area contributed by atoms with Crippen molar-refractivity contribution in [3.8, 4) is 0 Å². The molecule has 1 saturated heterocycles. The lowest BCUT2D eigenvalue weighted by atomic mass is 10.1. The molecule has 0 unspecified atom stereocenters. The van der Waals surface area contributed by atoms with Crippen LogP contribution in [-0.2, 0) is 4.79 Å².